The average molecular weight is 598 g/mol. The third-order valence-electron chi connectivity index (χ3n) is 6.76. The number of amides is 1. The second-order valence-electron chi connectivity index (χ2n) is 10.6. The van der Waals surface area contributed by atoms with Crippen molar-refractivity contribution in [3.8, 4) is 5.75 Å². The first-order valence-electron chi connectivity index (χ1n) is 12.8. The van der Waals surface area contributed by atoms with Crippen LogP contribution in [-0.4, -0.2) is 30.9 Å². The van der Waals surface area contributed by atoms with Gasteiger partial charge in [-0.2, -0.15) is 0 Å². The van der Waals surface area contributed by atoms with Gasteiger partial charge in [0.2, 0.25) is 5.88 Å². The lowest BCUT2D eigenvalue weighted by Gasteiger charge is -2.38. The van der Waals surface area contributed by atoms with Gasteiger partial charge in [0, 0.05) is 34.1 Å². The van der Waals surface area contributed by atoms with E-state index < -0.39 is 11.9 Å². The molecular weight excluding hydrogens is 564 g/mol. The molecule has 1 unspecified atom stereocenters. The molecule has 39 heavy (non-hydrogen) atoms. The Labute approximate surface area is 236 Å². The van der Waals surface area contributed by atoms with E-state index in [1.54, 1.807) is 25.1 Å². The van der Waals surface area contributed by atoms with E-state index in [2.05, 4.69) is 21.2 Å². The molecular formula is C30H33BrN2O6. The number of benzene rings is 2. The van der Waals surface area contributed by atoms with E-state index in [1.807, 2.05) is 45.9 Å². The van der Waals surface area contributed by atoms with Crippen molar-refractivity contribution in [3.63, 3.8) is 0 Å². The molecule has 0 spiro atoms. The first-order valence-corrected chi connectivity index (χ1v) is 13.6. The number of nitrogens with two attached hydrogens (primary N) is 1. The molecule has 0 bridgehead atoms. The first-order chi connectivity index (χ1) is 18.4. The van der Waals surface area contributed by atoms with Gasteiger partial charge in [-0.25, -0.2) is 4.79 Å². The number of carbonyl (C=O) groups excluding carboxylic acids is 3. The lowest BCUT2D eigenvalue weighted by molar-refractivity contribution is -0.139. The zero-order valence-electron chi connectivity index (χ0n) is 22.8. The van der Waals surface area contributed by atoms with Crippen LogP contribution in [0.2, 0.25) is 0 Å². The zero-order chi connectivity index (χ0) is 28.5. The average Bonchev–Trinajstić information content (AvgIpc) is 2.84. The Morgan fingerprint density at radius 3 is 2.62 bits per heavy atom. The van der Waals surface area contributed by atoms with E-state index in [0.717, 1.165) is 11.1 Å². The number of Topliss-reactive ketones (excluding diaryl/α,β-unsaturated/α-hetero) is 1. The largest absolute Gasteiger partial charge is 0.483 e. The summed E-state index contributed by atoms with van der Waals surface area (Å²) < 4.78 is 17.9. The molecule has 9 heteroatoms. The van der Waals surface area contributed by atoms with Crippen LogP contribution in [0, 0.1) is 19.3 Å². The van der Waals surface area contributed by atoms with Gasteiger partial charge < -0.3 is 25.3 Å². The van der Waals surface area contributed by atoms with Crippen molar-refractivity contribution >= 4 is 39.3 Å². The van der Waals surface area contributed by atoms with E-state index in [1.165, 1.54) is 0 Å². The highest BCUT2D eigenvalue weighted by Gasteiger charge is 2.46. The Morgan fingerprint density at radius 2 is 1.90 bits per heavy atom. The number of halogens is 1. The molecule has 8 nitrogen and oxygen atoms in total. The summed E-state index contributed by atoms with van der Waals surface area (Å²) in [4.78, 5) is 39.5. The summed E-state index contributed by atoms with van der Waals surface area (Å²) in [6.07, 6.45) is 0.758. The molecule has 0 aromatic heterocycles. The van der Waals surface area contributed by atoms with Crippen molar-refractivity contribution in [2.75, 3.05) is 18.5 Å². The van der Waals surface area contributed by atoms with Crippen molar-refractivity contribution in [1.29, 1.82) is 0 Å². The Balaban J connectivity index is 1.73. The minimum atomic E-state index is -0.883. The van der Waals surface area contributed by atoms with Crippen LogP contribution in [0.5, 0.6) is 5.75 Å². The third kappa shape index (κ3) is 6.19. The summed E-state index contributed by atoms with van der Waals surface area (Å²) in [7, 11) is 0. The highest BCUT2D eigenvalue weighted by atomic mass is 79.9. The lowest BCUT2D eigenvalue weighted by Crippen LogP contribution is -2.36. The molecule has 2 aromatic rings. The van der Waals surface area contributed by atoms with Crippen molar-refractivity contribution in [2.45, 2.75) is 53.4 Å². The summed E-state index contributed by atoms with van der Waals surface area (Å²) in [6, 6.07) is 11.0. The van der Waals surface area contributed by atoms with E-state index in [9.17, 15) is 14.4 Å². The first kappa shape index (κ1) is 28.4. The van der Waals surface area contributed by atoms with Gasteiger partial charge >= 0.3 is 5.97 Å². The fraction of sp³-hybridized carbons (Fsp3) is 0.367. The predicted molar refractivity (Wildman–Crippen MR) is 151 cm³/mol. The van der Waals surface area contributed by atoms with Gasteiger partial charge in [-0.3, -0.25) is 9.59 Å². The van der Waals surface area contributed by atoms with Crippen molar-refractivity contribution in [2.24, 2.45) is 11.1 Å². The Morgan fingerprint density at radius 1 is 1.15 bits per heavy atom. The molecule has 1 aliphatic carbocycles. The standard InChI is InChI=1S/C30H33BrN2O6/c1-6-37-29(36)27-25(26-21(34)13-30(4,5)14-23(26)39-28(27)32)19-12-18(31)9-10-22(19)38-15-24(35)33-20-11-16(2)7-8-17(20)3/h7-12,25H,6,13-15,32H2,1-5H3,(H,33,35). The SMILES string of the molecule is CCOC(=O)C1=C(N)OC2=C(C(=O)CC(C)(C)C2)C1c1cc(Br)ccc1OCC(=O)Nc1cc(C)ccc1C. The number of rotatable bonds is 7. The minimum Gasteiger partial charge on any atom is -0.483 e. The van der Waals surface area contributed by atoms with Gasteiger partial charge in [0.15, 0.2) is 12.4 Å². The molecule has 2 aromatic carbocycles. The van der Waals surface area contributed by atoms with Crippen LogP contribution >= 0.6 is 15.9 Å². The maximum atomic E-state index is 13.5. The summed E-state index contributed by atoms with van der Waals surface area (Å²) >= 11 is 3.50. The Hall–Kier alpha value is -3.59. The monoisotopic (exact) mass is 596 g/mol. The number of ether oxygens (including phenoxy) is 3. The second kappa shape index (κ2) is 11.3. The summed E-state index contributed by atoms with van der Waals surface area (Å²) in [5.74, 6) is -1.39. The summed E-state index contributed by atoms with van der Waals surface area (Å²) in [6.45, 7) is 9.35. The molecule has 3 N–H and O–H groups in total. The molecule has 4 rings (SSSR count). The molecule has 1 atom stereocenters. The number of hydrogen-bond acceptors (Lipinski definition) is 7. The van der Waals surface area contributed by atoms with E-state index in [0.29, 0.717) is 39.2 Å². The van der Waals surface area contributed by atoms with Crippen LogP contribution in [-0.2, 0) is 23.9 Å². The van der Waals surface area contributed by atoms with Crippen molar-refractivity contribution in [1.82, 2.24) is 0 Å². The van der Waals surface area contributed by atoms with E-state index in [4.69, 9.17) is 19.9 Å². The number of hydrogen-bond donors (Lipinski definition) is 2. The highest BCUT2D eigenvalue weighted by molar-refractivity contribution is 9.10. The van der Waals surface area contributed by atoms with Crippen molar-refractivity contribution < 1.29 is 28.6 Å². The minimum absolute atomic E-state index is 0.0337. The van der Waals surface area contributed by atoms with Crippen LogP contribution in [0.4, 0.5) is 5.69 Å². The van der Waals surface area contributed by atoms with Crippen LogP contribution in [0.3, 0.4) is 0 Å². The lowest BCUT2D eigenvalue weighted by atomic mass is 9.70. The van der Waals surface area contributed by atoms with Gasteiger partial charge in [0.25, 0.3) is 5.91 Å². The molecule has 0 saturated heterocycles. The Bertz CT molecular complexity index is 1410. The maximum Gasteiger partial charge on any atom is 0.340 e. The number of esters is 1. The van der Waals surface area contributed by atoms with E-state index >= 15 is 0 Å². The number of nitrogens with one attached hydrogen (secondary N) is 1. The quantitative estimate of drug-likeness (QED) is 0.401. The predicted octanol–water partition coefficient (Wildman–Crippen LogP) is 5.57. The maximum absolute atomic E-state index is 13.5. The van der Waals surface area contributed by atoms with Crippen molar-refractivity contribution in [3.05, 3.63) is 80.3 Å². The summed E-state index contributed by atoms with van der Waals surface area (Å²) in [5.41, 5.74) is 9.51. The smallest absolute Gasteiger partial charge is 0.340 e. The molecule has 206 valence electrons. The van der Waals surface area contributed by atoms with Crippen LogP contribution in [0.15, 0.2) is 63.7 Å². The molecule has 0 fully saturated rings. The van der Waals surface area contributed by atoms with Gasteiger partial charge in [-0.1, -0.05) is 41.9 Å². The third-order valence-corrected chi connectivity index (χ3v) is 7.25. The fourth-order valence-corrected chi connectivity index (χ4v) is 5.36. The molecule has 1 aliphatic heterocycles. The molecule has 0 saturated carbocycles. The van der Waals surface area contributed by atoms with Gasteiger partial charge in [-0.05, 0) is 61.6 Å². The molecule has 1 amide bonds. The number of ketones is 1. The van der Waals surface area contributed by atoms with Crippen LogP contribution < -0.4 is 15.8 Å². The van der Waals surface area contributed by atoms with Gasteiger partial charge in [-0.15, -0.1) is 0 Å². The molecule has 0 radical (unpaired) electrons. The molecule has 2 aliphatic rings. The number of anilines is 1. The fourth-order valence-electron chi connectivity index (χ4n) is 4.98. The van der Waals surface area contributed by atoms with E-state index in [-0.39, 0.29) is 48.2 Å². The van der Waals surface area contributed by atoms with Crippen LogP contribution in [0.25, 0.3) is 0 Å². The van der Waals surface area contributed by atoms with Crippen LogP contribution in [0.1, 0.15) is 56.2 Å². The number of carbonyl (C=O) groups is 3. The highest BCUT2D eigenvalue weighted by Crippen LogP contribution is 2.50. The topological polar surface area (TPSA) is 117 Å². The number of aryl methyl sites for hydroxylation is 2. The second-order valence-corrected chi connectivity index (χ2v) is 11.6. The molecule has 1 heterocycles. The van der Waals surface area contributed by atoms with Gasteiger partial charge in [0.1, 0.15) is 17.1 Å². The summed E-state index contributed by atoms with van der Waals surface area (Å²) in [5, 5.41) is 2.88. The normalized spacial score (nSPS) is 18.3. The zero-order valence-corrected chi connectivity index (χ0v) is 24.4. The Kier molecular flexibility index (Phi) is 8.20. The van der Waals surface area contributed by atoms with Gasteiger partial charge in [0.05, 0.1) is 12.5 Å². The number of allylic oxidation sites excluding steroid dienone is 2.